The second kappa shape index (κ2) is 77.9. The van der Waals surface area contributed by atoms with Crippen LogP contribution in [0.25, 0.3) is 0 Å². The maximum atomic E-state index is 10.3. The second-order valence-electron chi connectivity index (χ2n) is 24.0. The lowest BCUT2D eigenvalue weighted by molar-refractivity contribution is -0.137. The molecule has 79 heavy (non-hydrogen) atoms. The Morgan fingerprint density at radius 2 is 0.468 bits per heavy atom. The average molecular weight is 1110 g/mol. The molecule has 1 N–H and O–H groups in total. The van der Waals surface area contributed by atoms with Crippen LogP contribution in [0.4, 0.5) is 0 Å². The number of allylic oxidation sites excluding steroid dienone is 12. The van der Waals surface area contributed by atoms with Crippen molar-refractivity contribution < 1.29 is 9.90 Å². The SMILES string of the molecule is CCCCC/C=C\C/C=C\CCCCCCCCN(C)C.CCCCC/C=C\C/C=C\CCCCCCCCN(C)CCCCCCCC/C=C\C/C=C\CCCCC.CCCCCCCCCCCCCCCCCC(=O)O. The summed E-state index contributed by atoms with van der Waals surface area (Å²) in [6.45, 7) is 12.9. The van der Waals surface area contributed by atoms with Crippen LogP contribution in [0.1, 0.15) is 362 Å². The third-order valence-electron chi connectivity index (χ3n) is 15.3. The quantitative estimate of drug-likeness (QED) is 0.0487. The third-order valence-corrected chi connectivity index (χ3v) is 15.3. The maximum absolute atomic E-state index is 10.3. The molecule has 0 aliphatic rings. The van der Waals surface area contributed by atoms with E-state index in [2.05, 4.69) is 132 Å². The summed E-state index contributed by atoms with van der Waals surface area (Å²) in [5.41, 5.74) is 0. The van der Waals surface area contributed by atoms with Crippen LogP contribution < -0.4 is 0 Å². The summed E-state index contributed by atoms with van der Waals surface area (Å²) < 4.78 is 0. The van der Waals surface area contributed by atoms with Gasteiger partial charge in [-0.3, -0.25) is 4.79 Å². The summed E-state index contributed by atoms with van der Waals surface area (Å²) in [7, 11) is 6.64. The Labute approximate surface area is 498 Å². The standard InChI is InChI=1S/C37H69N.C20H39N.C18H36O2/c1-4-6-8-10-12-14-16-18-20-22-24-26-28-30-32-34-36-38(3)37-35-33-31-29-27-25-23-21-19-17-15-13-11-9-7-5-2;1-4-5-6-7-8-9-10-11-12-13-14-15-16-17-18-19-20-21(2)3;1-2-3-4-5-6-7-8-9-10-11-12-13-14-15-16-17-18(19)20/h12-15,18-21H,4-11,16-17,22-37H2,1-3H3;8-9,11-12H,4-7,10,13-20H2,1-3H3;2-17H2,1H3,(H,19,20)/b14-12-,15-13-,20-18-,21-19-;9-8-,12-11-;. The summed E-state index contributed by atoms with van der Waals surface area (Å²) in [4.78, 5) is 15.2. The van der Waals surface area contributed by atoms with Crippen LogP contribution in [-0.2, 0) is 4.79 Å². The molecule has 0 aliphatic heterocycles. The molecule has 0 spiro atoms. The van der Waals surface area contributed by atoms with Gasteiger partial charge >= 0.3 is 5.97 Å². The smallest absolute Gasteiger partial charge is 0.303 e. The van der Waals surface area contributed by atoms with E-state index < -0.39 is 5.97 Å². The van der Waals surface area contributed by atoms with Gasteiger partial charge in [-0.1, -0.05) is 306 Å². The minimum Gasteiger partial charge on any atom is -0.481 e. The summed E-state index contributed by atoms with van der Waals surface area (Å²) in [6, 6.07) is 0. The summed E-state index contributed by atoms with van der Waals surface area (Å²) in [6.07, 6.45) is 96.6. The van der Waals surface area contributed by atoms with Crippen molar-refractivity contribution in [1.29, 1.82) is 0 Å². The molecule has 0 aromatic carbocycles. The highest BCUT2D eigenvalue weighted by molar-refractivity contribution is 5.66. The molecule has 0 bridgehead atoms. The van der Waals surface area contributed by atoms with E-state index in [1.165, 1.54) is 315 Å². The zero-order chi connectivity index (χ0) is 58.1. The number of carboxylic acid groups (broad SMARTS) is 1. The fourth-order valence-corrected chi connectivity index (χ4v) is 9.92. The topological polar surface area (TPSA) is 43.8 Å². The molecule has 0 unspecified atom stereocenters. The molecule has 0 aromatic heterocycles. The highest BCUT2D eigenvalue weighted by atomic mass is 16.4. The molecule has 0 saturated heterocycles. The summed E-state index contributed by atoms with van der Waals surface area (Å²) in [5.74, 6) is -0.653. The van der Waals surface area contributed by atoms with Gasteiger partial charge in [0.2, 0.25) is 0 Å². The first-order valence-corrected chi connectivity index (χ1v) is 35.3. The number of hydrogen-bond donors (Lipinski definition) is 1. The summed E-state index contributed by atoms with van der Waals surface area (Å²) in [5, 5.41) is 8.52. The van der Waals surface area contributed by atoms with Gasteiger partial charge in [0.1, 0.15) is 0 Å². The minimum atomic E-state index is -0.653. The molecule has 4 nitrogen and oxygen atoms in total. The van der Waals surface area contributed by atoms with E-state index in [-0.39, 0.29) is 0 Å². The van der Waals surface area contributed by atoms with E-state index in [1.54, 1.807) is 0 Å². The lowest BCUT2D eigenvalue weighted by Gasteiger charge is -2.16. The van der Waals surface area contributed by atoms with Gasteiger partial charge in [-0.25, -0.2) is 0 Å². The van der Waals surface area contributed by atoms with Crippen LogP contribution in [-0.4, -0.2) is 61.7 Å². The molecular weight excluding hydrogens is 961 g/mol. The zero-order valence-corrected chi connectivity index (χ0v) is 55.1. The highest BCUT2D eigenvalue weighted by Gasteiger charge is 2.01. The van der Waals surface area contributed by atoms with Crippen molar-refractivity contribution in [3.63, 3.8) is 0 Å². The molecule has 0 rings (SSSR count). The molecule has 0 fully saturated rings. The Hall–Kier alpha value is -2.17. The van der Waals surface area contributed by atoms with Crippen LogP contribution in [0.3, 0.4) is 0 Å². The molecule has 0 heterocycles. The zero-order valence-electron chi connectivity index (χ0n) is 55.1. The first kappa shape index (κ1) is 81.0. The van der Waals surface area contributed by atoms with Crippen LogP contribution in [0.2, 0.25) is 0 Å². The lowest BCUT2D eigenvalue weighted by Crippen LogP contribution is -2.20. The number of carboxylic acids is 1. The highest BCUT2D eigenvalue weighted by Crippen LogP contribution is 2.15. The van der Waals surface area contributed by atoms with Gasteiger partial charge in [0, 0.05) is 6.42 Å². The fraction of sp³-hybridized carbons (Fsp3) is 0.827. The van der Waals surface area contributed by atoms with E-state index in [0.717, 1.165) is 32.1 Å². The average Bonchev–Trinajstić information content (AvgIpc) is 3.44. The molecule has 0 aliphatic carbocycles. The van der Waals surface area contributed by atoms with Gasteiger partial charge in [-0.2, -0.15) is 0 Å². The van der Waals surface area contributed by atoms with E-state index in [1.807, 2.05) is 0 Å². The largest absolute Gasteiger partial charge is 0.481 e. The monoisotopic (exact) mass is 1110 g/mol. The first-order chi connectivity index (χ1) is 38.8. The van der Waals surface area contributed by atoms with Crippen molar-refractivity contribution >= 4 is 5.97 Å². The number of nitrogens with zero attached hydrogens (tertiary/aromatic N) is 2. The van der Waals surface area contributed by atoms with E-state index in [0.29, 0.717) is 6.42 Å². The van der Waals surface area contributed by atoms with Crippen molar-refractivity contribution in [2.45, 2.75) is 362 Å². The second-order valence-corrected chi connectivity index (χ2v) is 24.0. The molecular formula is C75H144N2O2. The number of unbranched alkanes of at least 4 members (excludes halogenated alkanes) is 41. The van der Waals surface area contributed by atoms with Gasteiger partial charge < -0.3 is 14.9 Å². The Morgan fingerprint density at radius 1 is 0.266 bits per heavy atom. The molecule has 0 radical (unpaired) electrons. The van der Waals surface area contributed by atoms with Crippen LogP contribution in [0.5, 0.6) is 0 Å². The van der Waals surface area contributed by atoms with Crippen molar-refractivity contribution in [2.24, 2.45) is 0 Å². The lowest BCUT2D eigenvalue weighted by atomic mass is 10.0. The molecule has 0 aromatic rings. The van der Waals surface area contributed by atoms with E-state index in [4.69, 9.17) is 5.11 Å². The van der Waals surface area contributed by atoms with Gasteiger partial charge in [0.15, 0.2) is 0 Å². The molecule has 0 saturated carbocycles. The van der Waals surface area contributed by atoms with Gasteiger partial charge in [0.25, 0.3) is 0 Å². The van der Waals surface area contributed by atoms with Gasteiger partial charge in [0.05, 0.1) is 0 Å². The normalized spacial score (nSPS) is 12.0. The number of aliphatic carboxylic acids is 1. The Kier molecular flexibility index (Phi) is 79.9. The fourth-order valence-electron chi connectivity index (χ4n) is 9.92. The van der Waals surface area contributed by atoms with Crippen molar-refractivity contribution in [1.82, 2.24) is 9.80 Å². The molecule has 466 valence electrons. The van der Waals surface area contributed by atoms with Gasteiger partial charge in [-0.05, 0) is 163 Å². The maximum Gasteiger partial charge on any atom is 0.303 e. The Bertz CT molecular complexity index is 1230. The van der Waals surface area contributed by atoms with Crippen molar-refractivity contribution in [2.75, 3.05) is 40.8 Å². The molecule has 0 amide bonds. The predicted octanol–water partition coefficient (Wildman–Crippen LogP) is 25.2. The van der Waals surface area contributed by atoms with E-state index >= 15 is 0 Å². The van der Waals surface area contributed by atoms with Crippen LogP contribution >= 0.6 is 0 Å². The van der Waals surface area contributed by atoms with Crippen LogP contribution in [0, 0.1) is 0 Å². The molecule has 0 atom stereocenters. The van der Waals surface area contributed by atoms with E-state index in [9.17, 15) is 4.79 Å². The van der Waals surface area contributed by atoms with Gasteiger partial charge in [-0.15, -0.1) is 0 Å². The first-order valence-electron chi connectivity index (χ1n) is 35.3. The van der Waals surface area contributed by atoms with Crippen molar-refractivity contribution in [3.8, 4) is 0 Å². The number of hydrogen-bond acceptors (Lipinski definition) is 3. The number of carbonyl (C=O) groups is 1. The number of rotatable bonds is 61. The predicted molar refractivity (Wildman–Crippen MR) is 361 cm³/mol. The Morgan fingerprint density at radius 3 is 0.722 bits per heavy atom. The molecule has 4 heteroatoms. The third kappa shape index (κ3) is 87.2. The summed E-state index contributed by atoms with van der Waals surface area (Å²) >= 11 is 0. The van der Waals surface area contributed by atoms with Crippen molar-refractivity contribution in [3.05, 3.63) is 72.9 Å². The Balaban J connectivity index is -0.00000119. The van der Waals surface area contributed by atoms with Crippen LogP contribution in [0.15, 0.2) is 72.9 Å². The minimum absolute atomic E-state index is 0.345.